The van der Waals surface area contributed by atoms with Crippen molar-refractivity contribution in [2.75, 3.05) is 6.61 Å². The fourth-order valence-corrected chi connectivity index (χ4v) is 2.59. The van der Waals surface area contributed by atoms with Crippen molar-refractivity contribution in [3.05, 3.63) is 65.7 Å². The van der Waals surface area contributed by atoms with E-state index in [1.807, 2.05) is 39.0 Å². The molecule has 3 heteroatoms. The summed E-state index contributed by atoms with van der Waals surface area (Å²) in [5.74, 6) is 0.586. The Morgan fingerprint density at radius 2 is 1.42 bits per heavy atom. The summed E-state index contributed by atoms with van der Waals surface area (Å²) in [4.78, 5) is 11.8. The minimum absolute atomic E-state index is 0.0265. The van der Waals surface area contributed by atoms with Crippen molar-refractivity contribution in [1.82, 2.24) is 5.32 Å². The molecule has 24 heavy (non-hydrogen) atoms. The predicted octanol–water partition coefficient (Wildman–Crippen LogP) is 4.31. The molecule has 0 saturated carbocycles. The molecule has 0 aliphatic rings. The molecule has 0 spiro atoms. The van der Waals surface area contributed by atoms with Crippen LogP contribution in [-0.2, 0) is 10.2 Å². The van der Waals surface area contributed by atoms with Crippen LogP contribution in [0.4, 0.5) is 0 Å². The van der Waals surface area contributed by atoms with Crippen molar-refractivity contribution in [1.29, 1.82) is 0 Å². The Balaban J connectivity index is 2.02. The molecule has 2 aromatic carbocycles. The number of amides is 1. The Morgan fingerprint density at radius 1 is 0.875 bits per heavy atom. The second kappa shape index (κ2) is 7.08. The third-order valence-corrected chi connectivity index (χ3v) is 3.96. The van der Waals surface area contributed by atoms with Crippen molar-refractivity contribution in [3.8, 4) is 5.75 Å². The lowest BCUT2D eigenvalue weighted by atomic mass is 9.78. The quantitative estimate of drug-likeness (QED) is 0.890. The van der Waals surface area contributed by atoms with Crippen molar-refractivity contribution >= 4 is 5.91 Å². The molecule has 0 bridgehead atoms. The highest BCUT2D eigenvalue weighted by molar-refractivity contribution is 5.78. The van der Waals surface area contributed by atoms with Crippen LogP contribution in [0.25, 0.3) is 0 Å². The van der Waals surface area contributed by atoms with Gasteiger partial charge in [0.25, 0.3) is 5.91 Å². The van der Waals surface area contributed by atoms with Crippen LogP contribution in [-0.4, -0.2) is 18.1 Å². The zero-order chi connectivity index (χ0) is 17.8. The minimum atomic E-state index is -0.246. The fraction of sp³-hybridized carbons (Fsp3) is 0.381. The van der Waals surface area contributed by atoms with Crippen LogP contribution < -0.4 is 10.1 Å². The van der Waals surface area contributed by atoms with E-state index < -0.39 is 0 Å². The number of benzene rings is 2. The van der Waals surface area contributed by atoms with E-state index in [-0.39, 0.29) is 23.5 Å². The molecule has 0 heterocycles. The molecule has 0 saturated heterocycles. The number of carbonyl (C=O) groups is 1. The van der Waals surface area contributed by atoms with Crippen LogP contribution in [0.5, 0.6) is 5.75 Å². The van der Waals surface area contributed by atoms with Crippen molar-refractivity contribution in [3.63, 3.8) is 0 Å². The van der Waals surface area contributed by atoms with E-state index in [1.54, 1.807) is 0 Å². The monoisotopic (exact) mass is 325 g/mol. The molecule has 0 unspecified atom stereocenters. The molecule has 3 nitrogen and oxygen atoms in total. The summed E-state index contributed by atoms with van der Waals surface area (Å²) in [6.45, 7) is 10.3. The fourth-order valence-electron chi connectivity index (χ4n) is 2.59. The van der Waals surface area contributed by atoms with E-state index >= 15 is 0 Å². The maximum absolute atomic E-state index is 11.8. The lowest BCUT2D eigenvalue weighted by molar-refractivity contribution is -0.124. The zero-order valence-electron chi connectivity index (χ0n) is 15.2. The second-order valence-corrected chi connectivity index (χ2v) is 7.60. The summed E-state index contributed by atoms with van der Waals surface area (Å²) in [6, 6.07) is 18.4. The Morgan fingerprint density at radius 3 is 1.96 bits per heavy atom. The van der Waals surface area contributed by atoms with E-state index in [9.17, 15) is 4.79 Å². The molecule has 0 radical (unpaired) electrons. The molecule has 0 aliphatic carbocycles. The molecule has 1 N–H and O–H groups in total. The molecule has 0 aliphatic heterocycles. The van der Waals surface area contributed by atoms with Gasteiger partial charge < -0.3 is 10.1 Å². The van der Waals surface area contributed by atoms with E-state index in [0.29, 0.717) is 5.75 Å². The topological polar surface area (TPSA) is 38.3 Å². The Kier molecular flexibility index (Phi) is 5.33. The average Bonchev–Trinajstić information content (AvgIpc) is 2.52. The first-order chi connectivity index (χ1) is 11.2. The van der Waals surface area contributed by atoms with Crippen LogP contribution in [0.1, 0.15) is 45.7 Å². The summed E-state index contributed by atoms with van der Waals surface area (Å²) in [5, 5.41) is 2.88. The number of hydrogen-bond acceptors (Lipinski definition) is 2. The zero-order valence-corrected chi connectivity index (χ0v) is 15.2. The van der Waals surface area contributed by atoms with E-state index in [1.165, 1.54) is 11.1 Å². The van der Waals surface area contributed by atoms with Crippen LogP contribution >= 0.6 is 0 Å². The molecule has 0 fully saturated rings. The maximum atomic E-state index is 11.8. The summed E-state index contributed by atoms with van der Waals surface area (Å²) in [5.41, 5.74) is 2.15. The molecular formula is C21H27NO2. The lowest BCUT2D eigenvalue weighted by Crippen LogP contribution is -2.43. The van der Waals surface area contributed by atoms with Gasteiger partial charge in [0, 0.05) is 11.0 Å². The molecule has 2 rings (SSSR count). The highest BCUT2D eigenvalue weighted by Crippen LogP contribution is 2.32. The third-order valence-electron chi connectivity index (χ3n) is 3.96. The van der Waals surface area contributed by atoms with Gasteiger partial charge in [-0.05, 0) is 44.0 Å². The van der Waals surface area contributed by atoms with Gasteiger partial charge in [-0.3, -0.25) is 4.79 Å². The van der Waals surface area contributed by atoms with E-state index in [2.05, 4.69) is 55.6 Å². The smallest absolute Gasteiger partial charge is 0.258 e. The van der Waals surface area contributed by atoms with Gasteiger partial charge in [0.2, 0.25) is 0 Å². The van der Waals surface area contributed by atoms with Gasteiger partial charge in [-0.25, -0.2) is 0 Å². The summed E-state index contributed by atoms with van der Waals surface area (Å²) in [6.07, 6.45) is 0. The van der Waals surface area contributed by atoms with Crippen molar-refractivity contribution in [2.24, 2.45) is 0 Å². The highest BCUT2D eigenvalue weighted by atomic mass is 16.5. The van der Waals surface area contributed by atoms with Crippen molar-refractivity contribution in [2.45, 2.75) is 45.6 Å². The molecular weight excluding hydrogens is 298 g/mol. The highest BCUT2D eigenvalue weighted by Gasteiger charge is 2.22. The molecule has 0 aromatic heterocycles. The van der Waals surface area contributed by atoms with Gasteiger partial charge >= 0.3 is 0 Å². The first-order valence-electron chi connectivity index (χ1n) is 8.28. The number of ether oxygens (including phenoxy) is 1. The van der Waals surface area contributed by atoms with E-state index in [0.717, 1.165) is 0 Å². The third kappa shape index (κ3) is 4.85. The van der Waals surface area contributed by atoms with Gasteiger partial charge in [-0.1, -0.05) is 56.3 Å². The van der Waals surface area contributed by atoms with Gasteiger partial charge in [0.15, 0.2) is 6.61 Å². The molecule has 2 aromatic rings. The van der Waals surface area contributed by atoms with Crippen LogP contribution in [0, 0.1) is 0 Å². The summed E-state index contributed by atoms with van der Waals surface area (Å²) in [7, 11) is 0. The van der Waals surface area contributed by atoms with Gasteiger partial charge in [0.05, 0.1) is 0 Å². The van der Waals surface area contributed by atoms with Crippen LogP contribution in [0.2, 0.25) is 0 Å². The Labute approximate surface area is 145 Å². The number of nitrogens with one attached hydrogen (secondary N) is 1. The first-order valence-corrected chi connectivity index (χ1v) is 8.28. The first kappa shape index (κ1) is 18.1. The number of hydrogen-bond donors (Lipinski definition) is 1. The minimum Gasteiger partial charge on any atom is -0.484 e. The predicted molar refractivity (Wildman–Crippen MR) is 98.4 cm³/mol. The van der Waals surface area contributed by atoms with Gasteiger partial charge in [-0.15, -0.1) is 0 Å². The van der Waals surface area contributed by atoms with Crippen LogP contribution in [0.3, 0.4) is 0 Å². The number of carbonyl (C=O) groups excluding carboxylic acids is 1. The summed E-state index contributed by atoms with van der Waals surface area (Å²) >= 11 is 0. The normalized spacial score (nSPS) is 11.9. The molecule has 128 valence electrons. The number of rotatable bonds is 5. The van der Waals surface area contributed by atoms with E-state index in [4.69, 9.17) is 4.74 Å². The molecule has 1 amide bonds. The Hall–Kier alpha value is -2.29. The standard InChI is InChI=1S/C21H27NO2/c1-20(2,3)22-19(23)15-24-18-13-11-17(12-14-18)21(4,5)16-9-7-6-8-10-16/h6-14H,15H2,1-5H3,(H,22,23). The maximum Gasteiger partial charge on any atom is 0.258 e. The van der Waals surface area contributed by atoms with Crippen LogP contribution in [0.15, 0.2) is 54.6 Å². The average molecular weight is 325 g/mol. The SMILES string of the molecule is CC(C)(C)NC(=O)COc1ccc(C(C)(C)c2ccccc2)cc1. The largest absolute Gasteiger partial charge is 0.484 e. The Bertz CT molecular complexity index is 667. The van der Waals surface area contributed by atoms with Gasteiger partial charge in [-0.2, -0.15) is 0 Å². The van der Waals surface area contributed by atoms with Crippen molar-refractivity contribution < 1.29 is 9.53 Å². The summed E-state index contributed by atoms with van der Waals surface area (Å²) < 4.78 is 5.58. The second-order valence-electron chi connectivity index (χ2n) is 7.60. The molecule has 0 atom stereocenters. The van der Waals surface area contributed by atoms with Gasteiger partial charge in [0.1, 0.15) is 5.75 Å². The lowest BCUT2D eigenvalue weighted by Gasteiger charge is -2.26.